The van der Waals surface area contributed by atoms with Crippen molar-refractivity contribution in [1.29, 1.82) is 0 Å². The van der Waals surface area contributed by atoms with Crippen LogP contribution in [-0.2, 0) is 0 Å². The molecule has 0 radical (unpaired) electrons. The molecule has 14 heavy (non-hydrogen) atoms. The zero-order valence-corrected chi connectivity index (χ0v) is 10.2. The first-order valence-corrected chi connectivity index (χ1v) is 6.22. The lowest BCUT2D eigenvalue weighted by molar-refractivity contribution is 0.0477. The molecule has 1 N–H and O–H groups in total. The van der Waals surface area contributed by atoms with Crippen LogP contribution in [0.15, 0.2) is 0 Å². The first-order chi connectivity index (χ1) is 6.54. The van der Waals surface area contributed by atoms with Gasteiger partial charge in [-0.1, -0.05) is 27.7 Å². The molecule has 1 nitrogen and oxygen atoms in total. The van der Waals surface area contributed by atoms with Gasteiger partial charge >= 0.3 is 0 Å². The summed E-state index contributed by atoms with van der Waals surface area (Å²) < 4.78 is 0. The van der Waals surface area contributed by atoms with Crippen molar-refractivity contribution in [2.45, 2.75) is 59.5 Å². The van der Waals surface area contributed by atoms with Gasteiger partial charge in [0, 0.05) is 0 Å². The molecule has 1 saturated carbocycles. The van der Waals surface area contributed by atoms with Crippen molar-refractivity contribution in [1.82, 2.24) is 0 Å². The van der Waals surface area contributed by atoms with Crippen LogP contribution >= 0.6 is 0 Å². The lowest BCUT2D eigenvalue weighted by atomic mass is 9.70. The Kier molecular flexibility index (Phi) is 4.43. The van der Waals surface area contributed by atoms with Gasteiger partial charge in [0.05, 0.1) is 6.10 Å². The van der Waals surface area contributed by atoms with Crippen molar-refractivity contribution in [3.8, 4) is 0 Å². The molecular weight excluding hydrogens is 172 g/mol. The van der Waals surface area contributed by atoms with E-state index in [0.29, 0.717) is 5.92 Å². The first kappa shape index (κ1) is 12.0. The maximum absolute atomic E-state index is 9.85. The van der Waals surface area contributed by atoms with E-state index in [9.17, 15) is 5.11 Å². The molecule has 0 heterocycles. The Morgan fingerprint density at radius 2 is 1.64 bits per heavy atom. The van der Waals surface area contributed by atoms with Gasteiger partial charge in [0.25, 0.3) is 0 Å². The molecule has 0 bridgehead atoms. The molecule has 1 aliphatic carbocycles. The van der Waals surface area contributed by atoms with E-state index < -0.39 is 0 Å². The Bertz CT molecular complexity index is 157. The van der Waals surface area contributed by atoms with E-state index >= 15 is 0 Å². The SMILES string of the molecule is CCC(O)C(C)C1CC(C)CC(C)C1. The van der Waals surface area contributed by atoms with Crippen molar-refractivity contribution in [2.75, 3.05) is 0 Å². The third kappa shape index (κ3) is 2.98. The van der Waals surface area contributed by atoms with Crippen molar-refractivity contribution in [2.24, 2.45) is 23.7 Å². The Morgan fingerprint density at radius 3 is 2.07 bits per heavy atom. The Morgan fingerprint density at radius 1 is 1.14 bits per heavy atom. The summed E-state index contributed by atoms with van der Waals surface area (Å²) in [4.78, 5) is 0. The monoisotopic (exact) mass is 198 g/mol. The van der Waals surface area contributed by atoms with E-state index in [1.165, 1.54) is 19.3 Å². The quantitative estimate of drug-likeness (QED) is 0.736. The number of hydrogen-bond acceptors (Lipinski definition) is 1. The first-order valence-electron chi connectivity index (χ1n) is 6.22. The van der Waals surface area contributed by atoms with Crippen LogP contribution in [0.2, 0.25) is 0 Å². The predicted octanol–water partition coefficient (Wildman–Crippen LogP) is 3.47. The molecule has 0 aromatic rings. The van der Waals surface area contributed by atoms with Crippen LogP contribution in [0.1, 0.15) is 53.4 Å². The number of aliphatic hydroxyl groups is 1. The van der Waals surface area contributed by atoms with Gasteiger partial charge in [-0.15, -0.1) is 0 Å². The van der Waals surface area contributed by atoms with Crippen molar-refractivity contribution < 1.29 is 5.11 Å². The minimum absolute atomic E-state index is 0.0856. The van der Waals surface area contributed by atoms with E-state index in [1.807, 2.05) is 0 Å². The molecule has 0 amide bonds. The fourth-order valence-corrected chi connectivity index (χ4v) is 3.12. The van der Waals surface area contributed by atoms with Gasteiger partial charge in [0.2, 0.25) is 0 Å². The maximum atomic E-state index is 9.85. The summed E-state index contributed by atoms with van der Waals surface area (Å²) in [5.41, 5.74) is 0. The molecular formula is C13H26O. The van der Waals surface area contributed by atoms with Gasteiger partial charge in [0.15, 0.2) is 0 Å². The van der Waals surface area contributed by atoms with Gasteiger partial charge in [-0.25, -0.2) is 0 Å². The van der Waals surface area contributed by atoms with E-state index in [1.54, 1.807) is 0 Å². The molecule has 1 heteroatoms. The molecule has 4 unspecified atom stereocenters. The van der Waals surface area contributed by atoms with E-state index in [0.717, 1.165) is 24.2 Å². The molecule has 1 aliphatic rings. The van der Waals surface area contributed by atoms with E-state index in [2.05, 4.69) is 27.7 Å². The molecule has 0 aliphatic heterocycles. The van der Waals surface area contributed by atoms with Crippen molar-refractivity contribution >= 4 is 0 Å². The summed E-state index contributed by atoms with van der Waals surface area (Å²) >= 11 is 0. The lowest BCUT2D eigenvalue weighted by Gasteiger charge is -2.36. The van der Waals surface area contributed by atoms with Gasteiger partial charge in [-0.05, 0) is 49.4 Å². The largest absolute Gasteiger partial charge is 0.393 e. The summed E-state index contributed by atoms with van der Waals surface area (Å²) in [5.74, 6) is 2.96. The summed E-state index contributed by atoms with van der Waals surface area (Å²) in [7, 11) is 0. The van der Waals surface area contributed by atoms with Crippen LogP contribution < -0.4 is 0 Å². The fraction of sp³-hybridized carbons (Fsp3) is 1.00. The van der Waals surface area contributed by atoms with Crippen LogP contribution in [0.3, 0.4) is 0 Å². The van der Waals surface area contributed by atoms with Crippen molar-refractivity contribution in [3.63, 3.8) is 0 Å². The van der Waals surface area contributed by atoms with Gasteiger partial charge in [-0.3, -0.25) is 0 Å². The zero-order valence-electron chi connectivity index (χ0n) is 10.2. The second-order valence-electron chi connectivity index (χ2n) is 5.51. The molecule has 0 aromatic carbocycles. The van der Waals surface area contributed by atoms with Crippen molar-refractivity contribution in [3.05, 3.63) is 0 Å². The van der Waals surface area contributed by atoms with Crippen LogP contribution in [0.4, 0.5) is 0 Å². The lowest BCUT2D eigenvalue weighted by Crippen LogP contribution is -2.31. The van der Waals surface area contributed by atoms with E-state index in [-0.39, 0.29) is 6.10 Å². The molecule has 4 atom stereocenters. The Labute approximate surface area is 88.9 Å². The van der Waals surface area contributed by atoms with Gasteiger partial charge < -0.3 is 5.11 Å². The number of hydrogen-bond donors (Lipinski definition) is 1. The van der Waals surface area contributed by atoms with Gasteiger partial charge in [0.1, 0.15) is 0 Å². The van der Waals surface area contributed by atoms with Crippen LogP contribution in [0, 0.1) is 23.7 Å². The molecule has 0 saturated heterocycles. The topological polar surface area (TPSA) is 20.2 Å². The smallest absolute Gasteiger partial charge is 0.0565 e. The average Bonchev–Trinajstić information content (AvgIpc) is 2.14. The molecule has 0 spiro atoms. The second-order valence-corrected chi connectivity index (χ2v) is 5.51. The molecule has 1 fully saturated rings. The minimum Gasteiger partial charge on any atom is -0.393 e. The summed E-state index contributed by atoms with van der Waals surface area (Å²) in [5, 5.41) is 9.85. The molecule has 84 valence electrons. The second kappa shape index (κ2) is 5.16. The van der Waals surface area contributed by atoms with Crippen LogP contribution in [0.5, 0.6) is 0 Å². The highest BCUT2D eigenvalue weighted by Gasteiger charge is 2.30. The summed E-state index contributed by atoms with van der Waals surface area (Å²) in [6.07, 6.45) is 4.84. The number of rotatable bonds is 3. The Hall–Kier alpha value is -0.0400. The fourth-order valence-electron chi connectivity index (χ4n) is 3.12. The summed E-state index contributed by atoms with van der Waals surface area (Å²) in [6, 6.07) is 0. The minimum atomic E-state index is -0.0856. The van der Waals surface area contributed by atoms with Gasteiger partial charge in [-0.2, -0.15) is 0 Å². The third-order valence-electron chi connectivity index (χ3n) is 3.98. The highest BCUT2D eigenvalue weighted by atomic mass is 16.3. The highest BCUT2D eigenvalue weighted by Crippen LogP contribution is 2.38. The summed E-state index contributed by atoms with van der Waals surface area (Å²) in [6.45, 7) is 9.02. The average molecular weight is 198 g/mol. The normalized spacial score (nSPS) is 37.9. The zero-order chi connectivity index (χ0) is 10.7. The number of aliphatic hydroxyl groups excluding tert-OH is 1. The molecule has 1 rings (SSSR count). The maximum Gasteiger partial charge on any atom is 0.0565 e. The highest BCUT2D eigenvalue weighted by molar-refractivity contribution is 4.80. The Balaban J connectivity index is 2.50. The van der Waals surface area contributed by atoms with Crippen LogP contribution in [-0.4, -0.2) is 11.2 Å². The molecule has 0 aromatic heterocycles. The standard InChI is InChI=1S/C13H26O/c1-5-13(14)11(4)12-7-9(2)6-10(3)8-12/h9-14H,5-8H2,1-4H3. The van der Waals surface area contributed by atoms with E-state index in [4.69, 9.17) is 0 Å². The predicted molar refractivity (Wildman–Crippen MR) is 61.1 cm³/mol. The third-order valence-corrected chi connectivity index (χ3v) is 3.98. The van der Waals surface area contributed by atoms with Crippen LogP contribution in [0.25, 0.3) is 0 Å².